The van der Waals surface area contributed by atoms with E-state index in [1.165, 1.54) is 0 Å². The molecular weight excluding hydrogens is 232 g/mol. The molecule has 1 aliphatic rings. The largest absolute Gasteiger partial charge is 0.467 e. The van der Waals surface area contributed by atoms with Crippen LogP contribution in [0.15, 0.2) is 22.8 Å². The molecule has 1 aromatic rings. The van der Waals surface area contributed by atoms with E-state index < -0.39 is 0 Å². The second-order valence-electron chi connectivity index (χ2n) is 5.20. The lowest BCUT2D eigenvalue weighted by Gasteiger charge is -2.38. The van der Waals surface area contributed by atoms with E-state index in [4.69, 9.17) is 9.15 Å². The molecule has 2 N–H and O–H groups in total. The lowest BCUT2D eigenvalue weighted by Crippen LogP contribution is -2.52. The fourth-order valence-corrected chi connectivity index (χ4v) is 1.79. The van der Waals surface area contributed by atoms with Gasteiger partial charge in [-0.1, -0.05) is 6.92 Å². The van der Waals surface area contributed by atoms with Crippen LogP contribution in [0.5, 0.6) is 0 Å². The van der Waals surface area contributed by atoms with Crippen molar-refractivity contribution >= 4 is 5.91 Å². The Morgan fingerprint density at radius 1 is 1.56 bits per heavy atom. The van der Waals surface area contributed by atoms with Gasteiger partial charge in [-0.05, 0) is 19.1 Å². The van der Waals surface area contributed by atoms with E-state index in [9.17, 15) is 4.79 Å². The molecule has 18 heavy (non-hydrogen) atoms. The SMILES string of the molecule is CC(NCC1(C)COC1)C(=O)NCc1ccco1. The molecule has 1 saturated heterocycles. The number of nitrogens with one attached hydrogen (secondary N) is 2. The van der Waals surface area contributed by atoms with Gasteiger partial charge in [-0.25, -0.2) is 0 Å². The first kappa shape index (κ1) is 13.1. The van der Waals surface area contributed by atoms with Crippen LogP contribution in [0, 0.1) is 5.41 Å². The van der Waals surface area contributed by atoms with Crippen LogP contribution >= 0.6 is 0 Å². The average Bonchev–Trinajstić information content (AvgIpc) is 2.83. The van der Waals surface area contributed by atoms with Crippen LogP contribution in [-0.4, -0.2) is 31.7 Å². The molecule has 1 amide bonds. The molecule has 0 aromatic carbocycles. The maximum Gasteiger partial charge on any atom is 0.237 e. The third kappa shape index (κ3) is 3.34. The van der Waals surface area contributed by atoms with Crippen LogP contribution in [0.25, 0.3) is 0 Å². The normalized spacial score (nSPS) is 19.0. The number of ether oxygens (including phenoxy) is 1. The summed E-state index contributed by atoms with van der Waals surface area (Å²) in [5.74, 6) is 0.741. The summed E-state index contributed by atoms with van der Waals surface area (Å²) in [6, 6.07) is 3.43. The summed E-state index contributed by atoms with van der Waals surface area (Å²) in [6.07, 6.45) is 1.60. The maximum absolute atomic E-state index is 11.8. The van der Waals surface area contributed by atoms with Crippen molar-refractivity contribution in [1.29, 1.82) is 0 Å². The Kier molecular flexibility index (Phi) is 4.04. The van der Waals surface area contributed by atoms with Crippen molar-refractivity contribution in [3.63, 3.8) is 0 Å². The smallest absolute Gasteiger partial charge is 0.237 e. The molecule has 0 aliphatic carbocycles. The first-order chi connectivity index (χ1) is 8.59. The number of carbonyl (C=O) groups is 1. The summed E-state index contributed by atoms with van der Waals surface area (Å²) in [5, 5.41) is 6.06. The van der Waals surface area contributed by atoms with Gasteiger partial charge < -0.3 is 19.8 Å². The third-order valence-corrected chi connectivity index (χ3v) is 3.15. The predicted molar refractivity (Wildman–Crippen MR) is 66.9 cm³/mol. The van der Waals surface area contributed by atoms with E-state index in [0.717, 1.165) is 25.5 Å². The first-order valence-electron chi connectivity index (χ1n) is 6.20. The Morgan fingerprint density at radius 3 is 2.89 bits per heavy atom. The van der Waals surface area contributed by atoms with Crippen molar-refractivity contribution in [3.8, 4) is 0 Å². The van der Waals surface area contributed by atoms with E-state index in [2.05, 4.69) is 17.6 Å². The summed E-state index contributed by atoms with van der Waals surface area (Å²) >= 11 is 0. The second kappa shape index (κ2) is 5.54. The van der Waals surface area contributed by atoms with Crippen molar-refractivity contribution in [2.24, 2.45) is 5.41 Å². The van der Waals surface area contributed by atoms with Crippen LogP contribution in [0.4, 0.5) is 0 Å². The standard InChI is InChI=1S/C13H20N2O3/c1-10(15-7-13(2)8-17-9-13)12(16)14-6-11-4-3-5-18-11/h3-5,10,15H,6-9H2,1-2H3,(H,14,16). The minimum atomic E-state index is -0.211. The number of amides is 1. The van der Waals surface area contributed by atoms with Gasteiger partial charge in [0.2, 0.25) is 5.91 Å². The van der Waals surface area contributed by atoms with E-state index in [1.54, 1.807) is 12.3 Å². The number of furan rings is 1. The molecule has 2 heterocycles. The maximum atomic E-state index is 11.8. The highest BCUT2D eigenvalue weighted by molar-refractivity contribution is 5.81. The highest BCUT2D eigenvalue weighted by atomic mass is 16.5. The molecule has 0 saturated carbocycles. The van der Waals surface area contributed by atoms with Gasteiger partial charge in [0.25, 0.3) is 0 Å². The molecule has 100 valence electrons. The zero-order valence-electron chi connectivity index (χ0n) is 10.9. The molecule has 5 nitrogen and oxygen atoms in total. The van der Waals surface area contributed by atoms with Crippen molar-refractivity contribution in [2.45, 2.75) is 26.4 Å². The molecule has 5 heteroatoms. The lowest BCUT2D eigenvalue weighted by atomic mass is 9.88. The highest BCUT2D eigenvalue weighted by Gasteiger charge is 2.33. The van der Waals surface area contributed by atoms with Gasteiger partial charge in [-0.2, -0.15) is 0 Å². The van der Waals surface area contributed by atoms with Crippen LogP contribution in [0.1, 0.15) is 19.6 Å². The van der Waals surface area contributed by atoms with Crippen LogP contribution in [0.3, 0.4) is 0 Å². The number of hydrogen-bond acceptors (Lipinski definition) is 4. The Morgan fingerprint density at radius 2 is 2.33 bits per heavy atom. The summed E-state index contributed by atoms with van der Waals surface area (Å²) in [6.45, 7) is 6.76. The van der Waals surface area contributed by atoms with Gasteiger partial charge in [0.15, 0.2) is 0 Å². The monoisotopic (exact) mass is 252 g/mol. The van der Waals surface area contributed by atoms with Crippen molar-refractivity contribution in [3.05, 3.63) is 24.2 Å². The van der Waals surface area contributed by atoms with Gasteiger partial charge in [-0.3, -0.25) is 4.79 Å². The van der Waals surface area contributed by atoms with E-state index in [1.807, 2.05) is 13.0 Å². The van der Waals surface area contributed by atoms with E-state index in [0.29, 0.717) is 6.54 Å². The van der Waals surface area contributed by atoms with Crippen LogP contribution in [0.2, 0.25) is 0 Å². The summed E-state index contributed by atoms with van der Waals surface area (Å²) in [7, 11) is 0. The minimum absolute atomic E-state index is 0.0183. The molecule has 1 fully saturated rings. The molecule has 0 radical (unpaired) electrons. The van der Waals surface area contributed by atoms with Crippen molar-refractivity contribution in [1.82, 2.24) is 10.6 Å². The summed E-state index contributed by atoms with van der Waals surface area (Å²) in [5.41, 5.74) is 0.176. The quantitative estimate of drug-likeness (QED) is 0.790. The van der Waals surface area contributed by atoms with Crippen molar-refractivity contribution < 1.29 is 13.9 Å². The molecule has 0 bridgehead atoms. The predicted octanol–water partition coefficient (Wildman–Crippen LogP) is 0.910. The third-order valence-electron chi connectivity index (χ3n) is 3.15. The zero-order chi connectivity index (χ0) is 13.0. The zero-order valence-corrected chi connectivity index (χ0v) is 10.9. The molecule has 1 aliphatic heterocycles. The minimum Gasteiger partial charge on any atom is -0.467 e. The van der Waals surface area contributed by atoms with Crippen molar-refractivity contribution in [2.75, 3.05) is 19.8 Å². The van der Waals surface area contributed by atoms with Gasteiger partial charge in [0, 0.05) is 12.0 Å². The fourth-order valence-electron chi connectivity index (χ4n) is 1.79. The first-order valence-corrected chi connectivity index (χ1v) is 6.20. The molecular formula is C13H20N2O3. The van der Waals surface area contributed by atoms with Crippen LogP contribution in [-0.2, 0) is 16.1 Å². The molecule has 0 spiro atoms. The molecule has 1 atom stereocenters. The number of hydrogen-bond donors (Lipinski definition) is 2. The Hall–Kier alpha value is -1.33. The van der Waals surface area contributed by atoms with E-state index >= 15 is 0 Å². The molecule has 1 aromatic heterocycles. The Bertz CT molecular complexity index is 385. The highest BCUT2D eigenvalue weighted by Crippen LogP contribution is 2.25. The Balaban J connectivity index is 1.68. The van der Waals surface area contributed by atoms with E-state index in [-0.39, 0.29) is 17.4 Å². The average molecular weight is 252 g/mol. The lowest BCUT2D eigenvalue weighted by molar-refractivity contribution is -0.124. The summed E-state index contributed by atoms with van der Waals surface area (Å²) in [4.78, 5) is 11.8. The van der Waals surface area contributed by atoms with Gasteiger partial charge in [0.1, 0.15) is 5.76 Å². The van der Waals surface area contributed by atoms with Gasteiger partial charge in [0.05, 0.1) is 32.1 Å². The Labute approximate surface area is 107 Å². The number of rotatable bonds is 6. The fraction of sp³-hybridized carbons (Fsp3) is 0.615. The summed E-state index contributed by atoms with van der Waals surface area (Å²) < 4.78 is 10.3. The van der Waals surface area contributed by atoms with Gasteiger partial charge in [-0.15, -0.1) is 0 Å². The second-order valence-corrected chi connectivity index (χ2v) is 5.20. The molecule has 1 unspecified atom stereocenters. The topological polar surface area (TPSA) is 63.5 Å². The van der Waals surface area contributed by atoms with Crippen LogP contribution < -0.4 is 10.6 Å². The van der Waals surface area contributed by atoms with Gasteiger partial charge >= 0.3 is 0 Å². The molecule has 2 rings (SSSR count). The number of carbonyl (C=O) groups excluding carboxylic acids is 1.